The van der Waals surface area contributed by atoms with Crippen molar-refractivity contribution in [2.75, 3.05) is 13.7 Å². The largest absolute Gasteiger partial charge is 0.497 e. The topological polar surface area (TPSA) is 81.4 Å². The summed E-state index contributed by atoms with van der Waals surface area (Å²) in [4.78, 5) is 24.2. The fourth-order valence-corrected chi connectivity index (χ4v) is 3.57. The first-order valence-corrected chi connectivity index (χ1v) is 8.97. The Morgan fingerprint density at radius 3 is 2.30 bits per heavy atom. The van der Waals surface area contributed by atoms with Crippen molar-refractivity contribution in [2.24, 2.45) is 11.1 Å². The molecule has 27 heavy (non-hydrogen) atoms. The first-order valence-electron chi connectivity index (χ1n) is 8.97. The lowest BCUT2D eigenvalue weighted by Crippen LogP contribution is -2.44. The minimum atomic E-state index is -0.713. The van der Waals surface area contributed by atoms with Gasteiger partial charge in [0.2, 0.25) is 5.91 Å². The predicted octanol–water partition coefficient (Wildman–Crippen LogP) is 3.28. The van der Waals surface area contributed by atoms with Gasteiger partial charge in [-0.1, -0.05) is 31.0 Å². The number of hydrogen-bond donors (Lipinski definition) is 2. The van der Waals surface area contributed by atoms with Gasteiger partial charge in [0, 0.05) is 6.54 Å². The summed E-state index contributed by atoms with van der Waals surface area (Å²) in [5.41, 5.74) is 6.24. The van der Waals surface area contributed by atoms with Crippen molar-refractivity contribution in [3.05, 3.63) is 53.8 Å². The maximum atomic E-state index is 14.5. The van der Waals surface area contributed by atoms with E-state index < -0.39 is 23.0 Å². The number of primary amides is 1. The van der Waals surface area contributed by atoms with Gasteiger partial charge in [0.05, 0.1) is 18.1 Å². The van der Waals surface area contributed by atoms with Gasteiger partial charge in [-0.2, -0.15) is 0 Å². The van der Waals surface area contributed by atoms with Crippen LogP contribution in [0.15, 0.2) is 42.5 Å². The molecular formula is C21H23FN2O3. The van der Waals surface area contributed by atoms with E-state index in [1.54, 1.807) is 25.3 Å². The van der Waals surface area contributed by atoms with E-state index in [0.29, 0.717) is 24.2 Å². The lowest BCUT2D eigenvalue weighted by Gasteiger charge is -2.25. The third kappa shape index (κ3) is 3.94. The van der Waals surface area contributed by atoms with Crippen LogP contribution in [0.4, 0.5) is 4.39 Å². The standard InChI is InChI=1S/C21H23FN2O3/c1-27-16-7-4-14(5-8-16)15-6-9-17(18(22)12-15)19(25)24-13-21(20(23)26)10-2-3-11-21/h4-9,12H,2-3,10-11,13H2,1H3,(H2,23,26)(H,24,25). The highest BCUT2D eigenvalue weighted by Crippen LogP contribution is 2.37. The Labute approximate surface area is 157 Å². The summed E-state index contributed by atoms with van der Waals surface area (Å²) in [5.74, 6) is -0.845. The van der Waals surface area contributed by atoms with E-state index in [4.69, 9.17) is 10.5 Å². The molecule has 1 aliphatic rings. The molecule has 3 rings (SSSR count). The lowest BCUT2D eigenvalue weighted by atomic mass is 9.85. The molecule has 1 aliphatic carbocycles. The molecule has 0 heterocycles. The van der Waals surface area contributed by atoms with E-state index in [2.05, 4.69) is 5.32 Å². The number of benzene rings is 2. The summed E-state index contributed by atoms with van der Waals surface area (Å²) in [6.45, 7) is 0.140. The number of rotatable bonds is 6. The van der Waals surface area contributed by atoms with Gasteiger partial charge in [-0.3, -0.25) is 9.59 Å². The fourth-order valence-electron chi connectivity index (χ4n) is 3.57. The van der Waals surface area contributed by atoms with Gasteiger partial charge in [0.25, 0.3) is 5.91 Å². The number of halogens is 1. The van der Waals surface area contributed by atoms with E-state index in [0.717, 1.165) is 18.4 Å². The lowest BCUT2D eigenvalue weighted by molar-refractivity contribution is -0.127. The Bertz CT molecular complexity index is 843. The van der Waals surface area contributed by atoms with E-state index in [9.17, 15) is 14.0 Å². The van der Waals surface area contributed by atoms with Crippen molar-refractivity contribution in [3.63, 3.8) is 0 Å². The molecule has 2 amide bonds. The molecule has 0 unspecified atom stereocenters. The van der Waals surface area contributed by atoms with Crippen LogP contribution in [-0.4, -0.2) is 25.5 Å². The van der Waals surface area contributed by atoms with Crippen molar-refractivity contribution < 1.29 is 18.7 Å². The maximum Gasteiger partial charge on any atom is 0.254 e. The molecule has 2 aromatic carbocycles. The Kier molecular flexibility index (Phi) is 5.44. The van der Waals surface area contributed by atoms with E-state index in [1.165, 1.54) is 12.1 Å². The number of nitrogens with one attached hydrogen (secondary N) is 1. The molecule has 0 aliphatic heterocycles. The van der Waals surface area contributed by atoms with Crippen molar-refractivity contribution in [2.45, 2.75) is 25.7 Å². The van der Waals surface area contributed by atoms with Gasteiger partial charge in [0.15, 0.2) is 0 Å². The van der Waals surface area contributed by atoms with Crippen molar-refractivity contribution >= 4 is 11.8 Å². The van der Waals surface area contributed by atoms with Gasteiger partial charge in [-0.05, 0) is 48.2 Å². The van der Waals surface area contributed by atoms with Gasteiger partial charge in [-0.25, -0.2) is 4.39 Å². The molecule has 2 aromatic rings. The number of amides is 2. The monoisotopic (exact) mass is 370 g/mol. The SMILES string of the molecule is COc1ccc(-c2ccc(C(=O)NCC3(C(N)=O)CCCC3)c(F)c2)cc1. The molecule has 1 saturated carbocycles. The average Bonchev–Trinajstić information content (AvgIpc) is 3.16. The summed E-state index contributed by atoms with van der Waals surface area (Å²) in [7, 11) is 1.58. The van der Waals surface area contributed by atoms with Crippen LogP contribution in [-0.2, 0) is 4.79 Å². The minimum absolute atomic E-state index is 0.0510. The van der Waals surface area contributed by atoms with Gasteiger partial charge in [-0.15, -0.1) is 0 Å². The van der Waals surface area contributed by atoms with Crippen molar-refractivity contribution in [3.8, 4) is 16.9 Å². The number of nitrogens with two attached hydrogens (primary N) is 1. The fraction of sp³-hybridized carbons (Fsp3) is 0.333. The van der Waals surface area contributed by atoms with E-state index in [-0.39, 0.29) is 12.1 Å². The second-order valence-corrected chi connectivity index (χ2v) is 6.96. The zero-order valence-electron chi connectivity index (χ0n) is 15.3. The predicted molar refractivity (Wildman–Crippen MR) is 101 cm³/mol. The minimum Gasteiger partial charge on any atom is -0.497 e. The average molecular weight is 370 g/mol. The van der Waals surface area contributed by atoms with E-state index >= 15 is 0 Å². The quantitative estimate of drug-likeness (QED) is 0.819. The third-order valence-electron chi connectivity index (χ3n) is 5.31. The maximum absolute atomic E-state index is 14.5. The molecule has 1 fully saturated rings. The normalized spacial score (nSPS) is 15.3. The number of hydrogen-bond acceptors (Lipinski definition) is 3. The number of methoxy groups -OCH3 is 1. The highest BCUT2D eigenvalue weighted by Gasteiger charge is 2.39. The zero-order valence-corrected chi connectivity index (χ0v) is 15.3. The molecule has 0 aromatic heterocycles. The summed E-state index contributed by atoms with van der Waals surface area (Å²) >= 11 is 0. The number of carbonyl (C=O) groups excluding carboxylic acids is 2. The highest BCUT2D eigenvalue weighted by molar-refractivity contribution is 5.95. The molecule has 6 heteroatoms. The van der Waals surface area contributed by atoms with Gasteiger partial charge >= 0.3 is 0 Å². The summed E-state index contributed by atoms with van der Waals surface area (Å²) in [6, 6.07) is 11.7. The zero-order chi connectivity index (χ0) is 19.4. The van der Waals surface area contributed by atoms with Crippen molar-refractivity contribution in [1.82, 2.24) is 5.32 Å². The number of ether oxygens (including phenoxy) is 1. The Morgan fingerprint density at radius 1 is 1.11 bits per heavy atom. The van der Waals surface area contributed by atoms with Crippen LogP contribution >= 0.6 is 0 Å². The summed E-state index contributed by atoms with van der Waals surface area (Å²) in [6.07, 6.45) is 3.12. The molecule has 0 radical (unpaired) electrons. The van der Waals surface area contributed by atoms with Crippen LogP contribution in [0.5, 0.6) is 5.75 Å². The Balaban J connectivity index is 1.73. The molecule has 0 spiro atoms. The smallest absolute Gasteiger partial charge is 0.254 e. The summed E-state index contributed by atoms with van der Waals surface area (Å²) < 4.78 is 19.6. The first kappa shape index (κ1) is 18.9. The molecule has 3 N–H and O–H groups in total. The van der Waals surface area contributed by atoms with Crippen LogP contribution in [0, 0.1) is 11.2 Å². The molecule has 142 valence electrons. The van der Waals surface area contributed by atoms with Crippen LogP contribution in [0.2, 0.25) is 0 Å². The summed E-state index contributed by atoms with van der Waals surface area (Å²) in [5, 5.41) is 2.68. The van der Waals surface area contributed by atoms with Crippen LogP contribution in [0.25, 0.3) is 11.1 Å². The molecule has 0 saturated heterocycles. The van der Waals surface area contributed by atoms with Crippen LogP contribution in [0.1, 0.15) is 36.0 Å². The van der Waals surface area contributed by atoms with Gasteiger partial charge in [0.1, 0.15) is 11.6 Å². The third-order valence-corrected chi connectivity index (χ3v) is 5.31. The van der Waals surface area contributed by atoms with Crippen molar-refractivity contribution in [1.29, 1.82) is 0 Å². The highest BCUT2D eigenvalue weighted by atomic mass is 19.1. The molecule has 0 atom stereocenters. The Morgan fingerprint density at radius 2 is 1.74 bits per heavy atom. The second kappa shape index (κ2) is 7.78. The number of carbonyl (C=O) groups is 2. The van der Waals surface area contributed by atoms with Gasteiger partial charge < -0.3 is 15.8 Å². The molecule has 0 bridgehead atoms. The van der Waals surface area contributed by atoms with Crippen LogP contribution in [0.3, 0.4) is 0 Å². The Hall–Kier alpha value is -2.89. The van der Waals surface area contributed by atoms with E-state index in [1.807, 2.05) is 12.1 Å². The second-order valence-electron chi connectivity index (χ2n) is 6.96. The first-order chi connectivity index (χ1) is 12.9. The molecular weight excluding hydrogens is 347 g/mol. The van der Waals surface area contributed by atoms with Crippen LogP contribution < -0.4 is 15.8 Å². The molecule has 5 nitrogen and oxygen atoms in total.